The number of thioether (sulfide) groups is 1. The van der Waals surface area contributed by atoms with E-state index in [1.807, 2.05) is 30.0 Å². The Hall–Kier alpha value is -2.27. The van der Waals surface area contributed by atoms with Gasteiger partial charge >= 0.3 is 5.97 Å². The van der Waals surface area contributed by atoms with Crippen LogP contribution in [-0.4, -0.2) is 36.8 Å². The maximum absolute atomic E-state index is 11.8. The van der Waals surface area contributed by atoms with Gasteiger partial charge in [-0.05, 0) is 29.8 Å². The Morgan fingerprint density at radius 1 is 1.04 bits per heavy atom. The van der Waals surface area contributed by atoms with Crippen molar-refractivity contribution in [3.8, 4) is 0 Å². The number of hydrogen-bond acceptors (Lipinski definition) is 5. The third kappa shape index (κ3) is 4.36. The molecule has 1 fully saturated rings. The van der Waals surface area contributed by atoms with Gasteiger partial charge in [0.15, 0.2) is 0 Å². The first-order valence-electron chi connectivity index (χ1n) is 7.55. The Bertz CT molecular complexity index is 665. The summed E-state index contributed by atoms with van der Waals surface area (Å²) in [5.41, 5.74) is 2.62. The number of anilines is 1. The minimum atomic E-state index is -0.454. The number of benzene rings is 2. The number of hydrogen-bond donors (Lipinski definition) is 0. The number of oxime groups is 1. The molecule has 0 bridgehead atoms. The van der Waals surface area contributed by atoms with Crippen molar-refractivity contribution in [1.82, 2.24) is 0 Å². The Morgan fingerprint density at radius 3 is 2.43 bits per heavy atom. The lowest BCUT2D eigenvalue weighted by Gasteiger charge is -2.28. The second kappa shape index (κ2) is 7.83. The Balaban J connectivity index is 1.56. The summed E-state index contributed by atoms with van der Waals surface area (Å²) in [6, 6.07) is 17.0. The van der Waals surface area contributed by atoms with Crippen LogP contribution >= 0.6 is 11.8 Å². The molecule has 118 valence electrons. The number of rotatable bonds is 4. The quantitative estimate of drug-likeness (QED) is 0.490. The topological polar surface area (TPSA) is 41.9 Å². The van der Waals surface area contributed by atoms with Crippen molar-refractivity contribution in [3.05, 3.63) is 65.7 Å². The van der Waals surface area contributed by atoms with Crippen molar-refractivity contribution in [1.29, 1.82) is 0 Å². The summed E-state index contributed by atoms with van der Waals surface area (Å²) < 4.78 is 0. The lowest BCUT2D eigenvalue weighted by atomic mass is 10.2. The highest BCUT2D eigenvalue weighted by Crippen LogP contribution is 2.19. The SMILES string of the molecule is O=C(ON=Cc1ccc(N2CCSCC2)cc1)c1ccccc1. The highest BCUT2D eigenvalue weighted by molar-refractivity contribution is 7.99. The van der Waals surface area contributed by atoms with Gasteiger partial charge in [-0.15, -0.1) is 0 Å². The van der Waals surface area contributed by atoms with Gasteiger partial charge < -0.3 is 9.74 Å². The maximum atomic E-state index is 11.8. The van der Waals surface area contributed by atoms with Crippen molar-refractivity contribution in [2.24, 2.45) is 5.16 Å². The molecule has 0 amide bonds. The normalized spacial score (nSPS) is 14.9. The maximum Gasteiger partial charge on any atom is 0.365 e. The zero-order chi connectivity index (χ0) is 15.9. The van der Waals surface area contributed by atoms with Crippen LogP contribution in [0.3, 0.4) is 0 Å². The van der Waals surface area contributed by atoms with Crippen LogP contribution in [0.25, 0.3) is 0 Å². The summed E-state index contributed by atoms with van der Waals surface area (Å²) in [6.07, 6.45) is 1.55. The van der Waals surface area contributed by atoms with Gasteiger partial charge in [-0.3, -0.25) is 0 Å². The van der Waals surface area contributed by atoms with Crippen molar-refractivity contribution < 1.29 is 9.63 Å². The van der Waals surface area contributed by atoms with E-state index in [1.165, 1.54) is 17.2 Å². The summed E-state index contributed by atoms with van der Waals surface area (Å²) in [7, 11) is 0. The summed E-state index contributed by atoms with van der Waals surface area (Å²) in [4.78, 5) is 19.0. The molecule has 2 aromatic rings. The zero-order valence-corrected chi connectivity index (χ0v) is 13.5. The van der Waals surface area contributed by atoms with Crippen LogP contribution in [0.15, 0.2) is 59.8 Å². The van der Waals surface area contributed by atoms with Gasteiger partial charge in [0.2, 0.25) is 0 Å². The van der Waals surface area contributed by atoms with E-state index in [2.05, 4.69) is 22.2 Å². The second-order valence-electron chi connectivity index (χ2n) is 5.17. The lowest BCUT2D eigenvalue weighted by Crippen LogP contribution is -2.32. The van der Waals surface area contributed by atoms with E-state index >= 15 is 0 Å². The first-order chi connectivity index (χ1) is 11.3. The van der Waals surface area contributed by atoms with Gasteiger partial charge in [0, 0.05) is 30.3 Å². The van der Waals surface area contributed by atoms with E-state index < -0.39 is 5.97 Å². The average molecular weight is 326 g/mol. The fourth-order valence-electron chi connectivity index (χ4n) is 2.35. The number of carbonyl (C=O) groups is 1. The Kier molecular flexibility index (Phi) is 5.32. The standard InChI is InChI=1S/C18H18N2O2S/c21-18(16-4-2-1-3-5-16)22-19-14-15-6-8-17(9-7-15)20-10-12-23-13-11-20/h1-9,14H,10-13H2. The average Bonchev–Trinajstić information content (AvgIpc) is 2.64. The van der Waals surface area contributed by atoms with Crippen molar-refractivity contribution in [3.63, 3.8) is 0 Å². The van der Waals surface area contributed by atoms with E-state index in [0.29, 0.717) is 5.56 Å². The first kappa shape index (κ1) is 15.6. The Labute approximate surface area is 140 Å². The van der Waals surface area contributed by atoms with Crippen LogP contribution in [0.1, 0.15) is 15.9 Å². The number of carbonyl (C=O) groups excluding carboxylic acids is 1. The van der Waals surface area contributed by atoms with Gasteiger partial charge in [-0.1, -0.05) is 35.5 Å². The molecular weight excluding hydrogens is 308 g/mol. The predicted molar refractivity (Wildman–Crippen MR) is 95.4 cm³/mol. The molecule has 4 nitrogen and oxygen atoms in total. The summed E-state index contributed by atoms with van der Waals surface area (Å²) in [6.45, 7) is 2.18. The van der Waals surface area contributed by atoms with Crippen LogP contribution in [0.4, 0.5) is 5.69 Å². The smallest absolute Gasteiger partial charge is 0.365 e. The number of nitrogens with zero attached hydrogens (tertiary/aromatic N) is 2. The first-order valence-corrected chi connectivity index (χ1v) is 8.71. The molecule has 0 spiro atoms. The van der Waals surface area contributed by atoms with Gasteiger partial charge in [0.25, 0.3) is 0 Å². The molecule has 1 aliphatic rings. The summed E-state index contributed by atoms with van der Waals surface area (Å²) in [5.74, 6) is 1.90. The highest BCUT2D eigenvalue weighted by Gasteiger charge is 2.10. The van der Waals surface area contributed by atoms with E-state index in [4.69, 9.17) is 4.84 Å². The third-order valence-corrected chi connectivity index (χ3v) is 4.56. The molecule has 23 heavy (non-hydrogen) atoms. The molecule has 0 radical (unpaired) electrons. The van der Waals surface area contributed by atoms with E-state index in [-0.39, 0.29) is 0 Å². The molecule has 5 heteroatoms. The van der Waals surface area contributed by atoms with Gasteiger partial charge in [0.05, 0.1) is 11.8 Å². The largest absolute Gasteiger partial charge is 0.370 e. The molecule has 0 aromatic heterocycles. The van der Waals surface area contributed by atoms with Crippen molar-refractivity contribution in [2.75, 3.05) is 29.5 Å². The third-order valence-electron chi connectivity index (χ3n) is 3.62. The van der Waals surface area contributed by atoms with Crippen LogP contribution < -0.4 is 4.90 Å². The molecular formula is C18H18N2O2S. The van der Waals surface area contributed by atoms with Gasteiger partial charge in [-0.2, -0.15) is 11.8 Å². The zero-order valence-electron chi connectivity index (χ0n) is 12.7. The minimum absolute atomic E-state index is 0.454. The second-order valence-corrected chi connectivity index (χ2v) is 6.39. The molecule has 0 aliphatic carbocycles. The molecule has 3 rings (SSSR count). The highest BCUT2D eigenvalue weighted by atomic mass is 32.2. The molecule has 1 aliphatic heterocycles. The minimum Gasteiger partial charge on any atom is -0.370 e. The molecule has 1 saturated heterocycles. The van der Waals surface area contributed by atoms with E-state index in [1.54, 1.807) is 30.5 Å². The summed E-state index contributed by atoms with van der Waals surface area (Å²) in [5, 5.41) is 3.77. The van der Waals surface area contributed by atoms with Gasteiger partial charge in [0.1, 0.15) is 0 Å². The summed E-state index contributed by atoms with van der Waals surface area (Å²) >= 11 is 2.00. The molecule has 0 atom stereocenters. The van der Waals surface area contributed by atoms with E-state index in [9.17, 15) is 4.79 Å². The molecule has 2 aromatic carbocycles. The molecule has 1 heterocycles. The Morgan fingerprint density at radius 2 is 1.74 bits per heavy atom. The predicted octanol–water partition coefficient (Wildman–Crippen LogP) is 3.43. The van der Waals surface area contributed by atoms with E-state index in [0.717, 1.165) is 18.7 Å². The lowest BCUT2D eigenvalue weighted by molar-refractivity contribution is 0.0519. The van der Waals surface area contributed by atoms with Crippen LogP contribution in [0, 0.1) is 0 Å². The van der Waals surface area contributed by atoms with Crippen LogP contribution in [-0.2, 0) is 4.84 Å². The fraction of sp³-hybridized carbons (Fsp3) is 0.222. The molecule has 0 N–H and O–H groups in total. The van der Waals surface area contributed by atoms with Crippen LogP contribution in [0.5, 0.6) is 0 Å². The monoisotopic (exact) mass is 326 g/mol. The van der Waals surface area contributed by atoms with Gasteiger partial charge in [-0.25, -0.2) is 4.79 Å². The van der Waals surface area contributed by atoms with Crippen molar-refractivity contribution >= 4 is 29.6 Å². The fourth-order valence-corrected chi connectivity index (χ4v) is 3.26. The van der Waals surface area contributed by atoms with Crippen molar-refractivity contribution in [2.45, 2.75) is 0 Å². The molecule has 0 unspecified atom stereocenters. The molecule has 0 saturated carbocycles. The van der Waals surface area contributed by atoms with Crippen LogP contribution in [0.2, 0.25) is 0 Å².